The molecule has 1 heterocycles. The molecule has 19 heavy (non-hydrogen) atoms. The van der Waals surface area contributed by atoms with Crippen molar-refractivity contribution in [2.75, 3.05) is 0 Å². The highest BCUT2D eigenvalue weighted by Gasteiger charge is 2.03. The molecule has 0 fully saturated rings. The Morgan fingerprint density at radius 1 is 1.26 bits per heavy atom. The Morgan fingerprint density at radius 3 is 2.47 bits per heavy atom. The molecule has 0 radical (unpaired) electrons. The van der Waals surface area contributed by atoms with Gasteiger partial charge < -0.3 is 9.67 Å². The van der Waals surface area contributed by atoms with E-state index >= 15 is 0 Å². The van der Waals surface area contributed by atoms with Crippen molar-refractivity contribution in [1.29, 1.82) is 0 Å². The van der Waals surface area contributed by atoms with Gasteiger partial charge in [-0.2, -0.15) is 0 Å². The highest BCUT2D eigenvalue weighted by Crippen LogP contribution is 2.14. The maximum Gasteiger partial charge on any atom is 0.303 e. The van der Waals surface area contributed by atoms with E-state index in [1.54, 1.807) is 0 Å². The van der Waals surface area contributed by atoms with Crippen molar-refractivity contribution in [3.8, 4) is 5.69 Å². The Balaban J connectivity index is 2.06. The molecule has 0 amide bonds. The molecule has 100 valence electrons. The number of benzene rings is 1. The standard InChI is InChI=1S/C15H18N2O2/c1-11-10-17(12(2)16-11)14-8-6-13(7-9-14)4-3-5-15(18)19/h6-10H,3-5H2,1-2H3,(H,18,19). The van der Waals surface area contributed by atoms with Gasteiger partial charge in [0.2, 0.25) is 0 Å². The van der Waals surface area contributed by atoms with Crippen molar-refractivity contribution >= 4 is 5.97 Å². The molecule has 1 aromatic carbocycles. The second-order valence-corrected chi connectivity index (χ2v) is 4.71. The number of rotatable bonds is 5. The van der Waals surface area contributed by atoms with Crippen LogP contribution in [0.25, 0.3) is 5.69 Å². The highest BCUT2D eigenvalue weighted by atomic mass is 16.4. The predicted molar refractivity (Wildman–Crippen MR) is 73.6 cm³/mol. The minimum atomic E-state index is -0.735. The fourth-order valence-electron chi connectivity index (χ4n) is 2.15. The molecule has 0 spiro atoms. The van der Waals surface area contributed by atoms with Crippen LogP contribution < -0.4 is 0 Å². The van der Waals surface area contributed by atoms with Crippen LogP contribution in [0, 0.1) is 13.8 Å². The Bertz CT molecular complexity index is 570. The largest absolute Gasteiger partial charge is 0.481 e. The zero-order valence-electron chi connectivity index (χ0n) is 11.3. The lowest BCUT2D eigenvalue weighted by Crippen LogP contribution is -1.97. The zero-order valence-corrected chi connectivity index (χ0v) is 11.3. The molecule has 0 saturated heterocycles. The van der Waals surface area contributed by atoms with Crippen molar-refractivity contribution in [2.24, 2.45) is 0 Å². The van der Waals surface area contributed by atoms with E-state index in [1.807, 2.05) is 44.3 Å². The molecule has 0 aliphatic heterocycles. The summed E-state index contributed by atoms with van der Waals surface area (Å²) in [7, 11) is 0. The third-order valence-corrected chi connectivity index (χ3v) is 3.07. The zero-order chi connectivity index (χ0) is 13.8. The Hall–Kier alpha value is -2.10. The number of carboxylic acids is 1. The second-order valence-electron chi connectivity index (χ2n) is 4.71. The molecule has 0 atom stereocenters. The molecular formula is C15H18N2O2. The number of nitrogens with zero attached hydrogens (tertiary/aromatic N) is 2. The van der Waals surface area contributed by atoms with E-state index in [2.05, 4.69) is 9.55 Å². The lowest BCUT2D eigenvalue weighted by atomic mass is 10.1. The summed E-state index contributed by atoms with van der Waals surface area (Å²) in [4.78, 5) is 14.8. The summed E-state index contributed by atoms with van der Waals surface area (Å²) in [5.74, 6) is 0.234. The van der Waals surface area contributed by atoms with Crippen LogP contribution in [0.5, 0.6) is 0 Å². The average Bonchev–Trinajstić information content (AvgIpc) is 2.69. The summed E-state index contributed by atoms with van der Waals surface area (Å²) in [5, 5.41) is 8.61. The summed E-state index contributed by atoms with van der Waals surface area (Å²) >= 11 is 0. The fraction of sp³-hybridized carbons (Fsp3) is 0.333. The molecule has 4 heteroatoms. The smallest absolute Gasteiger partial charge is 0.303 e. The van der Waals surface area contributed by atoms with Gasteiger partial charge in [-0.3, -0.25) is 4.79 Å². The molecular weight excluding hydrogens is 240 g/mol. The van der Waals surface area contributed by atoms with Crippen LogP contribution in [0.3, 0.4) is 0 Å². The topological polar surface area (TPSA) is 55.1 Å². The van der Waals surface area contributed by atoms with E-state index < -0.39 is 5.97 Å². The van der Waals surface area contributed by atoms with Crippen LogP contribution in [0.4, 0.5) is 0 Å². The minimum absolute atomic E-state index is 0.224. The Labute approximate surface area is 112 Å². The summed E-state index contributed by atoms with van der Waals surface area (Å²) in [5.41, 5.74) is 3.25. The van der Waals surface area contributed by atoms with E-state index in [-0.39, 0.29) is 6.42 Å². The molecule has 2 aromatic rings. The number of carboxylic acid groups (broad SMARTS) is 1. The molecule has 0 aliphatic rings. The first-order valence-electron chi connectivity index (χ1n) is 6.40. The third-order valence-electron chi connectivity index (χ3n) is 3.07. The Morgan fingerprint density at radius 2 is 1.95 bits per heavy atom. The fourth-order valence-corrected chi connectivity index (χ4v) is 2.15. The van der Waals surface area contributed by atoms with Crippen molar-refractivity contribution in [3.63, 3.8) is 0 Å². The molecule has 0 unspecified atom stereocenters. The summed E-state index contributed by atoms with van der Waals surface area (Å²) in [6.07, 6.45) is 3.71. The van der Waals surface area contributed by atoms with Gasteiger partial charge in [0.25, 0.3) is 0 Å². The maximum atomic E-state index is 10.5. The molecule has 1 N–H and O–H groups in total. The van der Waals surface area contributed by atoms with E-state index in [9.17, 15) is 4.79 Å². The first kappa shape index (κ1) is 13.3. The first-order valence-corrected chi connectivity index (χ1v) is 6.40. The van der Waals surface area contributed by atoms with Crippen LogP contribution in [-0.2, 0) is 11.2 Å². The third kappa shape index (κ3) is 3.44. The lowest BCUT2D eigenvalue weighted by molar-refractivity contribution is -0.137. The average molecular weight is 258 g/mol. The predicted octanol–water partition coefficient (Wildman–Crippen LogP) is 2.90. The first-order chi connectivity index (χ1) is 9.06. The van der Waals surface area contributed by atoms with Gasteiger partial charge >= 0.3 is 5.97 Å². The van der Waals surface area contributed by atoms with Gasteiger partial charge in [-0.05, 0) is 44.4 Å². The number of hydrogen-bond acceptors (Lipinski definition) is 2. The molecule has 0 saturated carbocycles. The van der Waals surface area contributed by atoms with Gasteiger partial charge in [-0.15, -0.1) is 0 Å². The normalized spacial score (nSPS) is 10.6. The summed E-state index contributed by atoms with van der Waals surface area (Å²) in [6.45, 7) is 3.96. The van der Waals surface area contributed by atoms with Crippen LogP contribution in [-0.4, -0.2) is 20.6 Å². The molecule has 0 bridgehead atoms. The van der Waals surface area contributed by atoms with Crippen molar-refractivity contribution in [1.82, 2.24) is 9.55 Å². The highest BCUT2D eigenvalue weighted by molar-refractivity contribution is 5.66. The minimum Gasteiger partial charge on any atom is -0.481 e. The number of aromatic nitrogens is 2. The van der Waals surface area contributed by atoms with Gasteiger partial charge in [0.1, 0.15) is 5.82 Å². The monoisotopic (exact) mass is 258 g/mol. The molecule has 2 rings (SSSR count). The lowest BCUT2D eigenvalue weighted by Gasteiger charge is -2.06. The van der Waals surface area contributed by atoms with Gasteiger partial charge in [0.05, 0.1) is 5.69 Å². The van der Waals surface area contributed by atoms with Gasteiger partial charge in [0.15, 0.2) is 0 Å². The van der Waals surface area contributed by atoms with Crippen molar-refractivity contribution < 1.29 is 9.90 Å². The van der Waals surface area contributed by atoms with Crippen LogP contribution in [0.2, 0.25) is 0 Å². The van der Waals surface area contributed by atoms with Gasteiger partial charge in [0, 0.05) is 18.3 Å². The second kappa shape index (κ2) is 5.69. The molecule has 0 aliphatic carbocycles. The molecule has 4 nitrogen and oxygen atoms in total. The number of aryl methyl sites for hydroxylation is 3. The Kier molecular flexibility index (Phi) is 4.00. The van der Waals surface area contributed by atoms with Crippen LogP contribution >= 0.6 is 0 Å². The van der Waals surface area contributed by atoms with E-state index in [0.717, 1.165) is 23.6 Å². The number of aliphatic carboxylic acids is 1. The van der Waals surface area contributed by atoms with E-state index in [4.69, 9.17) is 5.11 Å². The molecule has 1 aromatic heterocycles. The maximum absolute atomic E-state index is 10.5. The number of hydrogen-bond donors (Lipinski definition) is 1. The van der Waals surface area contributed by atoms with E-state index in [1.165, 1.54) is 5.56 Å². The van der Waals surface area contributed by atoms with Crippen LogP contribution in [0.1, 0.15) is 29.9 Å². The number of imidazole rings is 1. The van der Waals surface area contributed by atoms with Crippen molar-refractivity contribution in [3.05, 3.63) is 47.5 Å². The van der Waals surface area contributed by atoms with Gasteiger partial charge in [-0.25, -0.2) is 4.98 Å². The van der Waals surface area contributed by atoms with Crippen LogP contribution in [0.15, 0.2) is 30.5 Å². The van der Waals surface area contributed by atoms with Crippen molar-refractivity contribution in [2.45, 2.75) is 33.1 Å². The van der Waals surface area contributed by atoms with E-state index in [0.29, 0.717) is 6.42 Å². The summed E-state index contributed by atoms with van der Waals surface area (Å²) < 4.78 is 2.05. The summed E-state index contributed by atoms with van der Waals surface area (Å²) in [6, 6.07) is 8.19. The SMILES string of the molecule is Cc1cn(-c2ccc(CCCC(=O)O)cc2)c(C)n1. The quantitative estimate of drug-likeness (QED) is 0.897. The van der Waals surface area contributed by atoms with Gasteiger partial charge in [-0.1, -0.05) is 12.1 Å². The number of carbonyl (C=O) groups is 1.